The number of nitrogens with one attached hydrogen (secondary N) is 2. The number of aromatic nitrogens is 4. The topological polar surface area (TPSA) is 103 Å². The SMILES string of the molecule is COc1cccc(OCC(=O)NCCn2ncc3c(NC(C)C)nc(SC)nc32)c1. The Hall–Kier alpha value is -3.01. The molecule has 0 saturated carbocycles. The van der Waals surface area contributed by atoms with E-state index in [0.29, 0.717) is 29.7 Å². The van der Waals surface area contributed by atoms with E-state index in [9.17, 15) is 4.79 Å². The zero-order valence-corrected chi connectivity index (χ0v) is 18.3. The van der Waals surface area contributed by atoms with Crippen LogP contribution in [0.25, 0.3) is 11.0 Å². The molecule has 0 spiro atoms. The maximum Gasteiger partial charge on any atom is 0.258 e. The predicted octanol–water partition coefficient (Wildman–Crippen LogP) is 2.57. The highest BCUT2D eigenvalue weighted by Crippen LogP contribution is 2.24. The van der Waals surface area contributed by atoms with Gasteiger partial charge in [-0.1, -0.05) is 17.8 Å². The molecule has 10 heteroatoms. The average molecular weight is 431 g/mol. The van der Waals surface area contributed by atoms with E-state index in [1.165, 1.54) is 11.8 Å². The standard InChI is InChI=1S/C20H26N6O3S/c1-13(2)23-18-16-11-22-26(19(16)25-20(24-18)30-4)9-8-21-17(27)12-29-15-7-5-6-14(10-15)28-3/h5-7,10-11,13H,8-9,12H2,1-4H3,(H,21,27)(H,23,24,25). The first-order valence-electron chi connectivity index (χ1n) is 9.57. The summed E-state index contributed by atoms with van der Waals surface area (Å²) in [4.78, 5) is 21.2. The van der Waals surface area contributed by atoms with Gasteiger partial charge in [0.1, 0.15) is 17.3 Å². The number of fused-ring (bicyclic) bond motifs is 1. The molecular weight excluding hydrogens is 404 g/mol. The number of carbonyl (C=O) groups is 1. The van der Waals surface area contributed by atoms with Crippen LogP contribution >= 0.6 is 11.8 Å². The molecule has 2 N–H and O–H groups in total. The van der Waals surface area contributed by atoms with Crippen molar-refractivity contribution in [2.24, 2.45) is 0 Å². The molecule has 0 aliphatic heterocycles. The molecule has 30 heavy (non-hydrogen) atoms. The van der Waals surface area contributed by atoms with Crippen molar-refractivity contribution in [2.75, 3.05) is 31.8 Å². The first kappa shape index (κ1) is 21.7. The predicted molar refractivity (Wildman–Crippen MR) is 117 cm³/mol. The fourth-order valence-corrected chi connectivity index (χ4v) is 3.13. The summed E-state index contributed by atoms with van der Waals surface area (Å²) in [5, 5.41) is 12.1. The third-order valence-corrected chi connectivity index (χ3v) is 4.69. The normalized spacial score (nSPS) is 11.0. The minimum atomic E-state index is -0.212. The van der Waals surface area contributed by atoms with E-state index in [1.807, 2.05) is 18.4 Å². The lowest BCUT2D eigenvalue weighted by molar-refractivity contribution is -0.123. The molecule has 0 radical (unpaired) electrons. The molecule has 2 heterocycles. The van der Waals surface area contributed by atoms with Crippen molar-refractivity contribution in [3.05, 3.63) is 30.5 Å². The summed E-state index contributed by atoms with van der Waals surface area (Å²) in [6.07, 6.45) is 3.68. The quantitative estimate of drug-likeness (QED) is 0.374. The van der Waals surface area contributed by atoms with E-state index < -0.39 is 0 Å². The van der Waals surface area contributed by atoms with Crippen LogP contribution in [-0.4, -0.2) is 58.2 Å². The Kier molecular flexibility index (Phi) is 7.34. The van der Waals surface area contributed by atoms with E-state index in [-0.39, 0.29) is 18.6 Å². The maximum absolute atomic E-state index is 12.1. The zero-order valence-electron chi connectivity index (χ0n) is 17.5. The summed E-state index contributed by atoms with van der Waals surface area (Å²) < 4.78 is 12.4. The first-order chi connectivity index (χ1) is 14.5. The summed E-state index contributed by atoms with van der Waals surface area (Å²) in [6.45, 7) is 4.93. The Morgan fingerprint density at radius 2 is 2.07 bits per heavy atom. The number of amides is 1. The van der Waals surface area contributed by atoms with Gasteiger partial charge in [-0.05, 0) is 32.2 Å². The van der Waals surface area contributed by atoms with Crippen molar-refractivity contribution < 1.29 is 14.3 Å². The second-order valence-corrected chi connectivity index (χ2v) is 7.55. The maximum atomic E-state index is 12.1. The lowest BCUT2D eigenvalue weighted by atomic mass is 10.3. The molecule has 3 rings (SSSR count). The number of hydrogen-bond acceptors (Lipinski definition) is 8. The summed E-state index contributed by atoms with van der Waals surface area (Å²) in [6, 6.07) is 7.37. The number of anilines is 1. The lowest BCUT2D eigenvalue weighted by Gasteiger charge is -2.11. The molecule has 1 amide bonds. The highest BCUT2D eigenvalue weighted by Gasteiger charge is 2.13. The Balaban J connectivity index is 1.58. The number of methoxy groups -OCH3 is 1. The number of rotatable bonds is 10. The van der Waals surface area contributed by atoms with E-state index in [2.05, 4.69) is 39.5 Å². The molecule has 0 unspecified atom stereocenters. The van der Waals surface area contributed by atoms with Crippen molar-refractivity contribution in [1.82, 2.24) is 25.1 Å². The smallest absolute Gasteiger partial charge is 0.258 e. The van der Waals surface area contributed by atoms with Crippen LogP contribution in [0, 0.1) is 0 Å². The van der Waals surface area contributed by atoms with E-state index in [1.54, 1.807) is 30.1 Å². The van der Waals surface area contributed by atoms with Crippen LogP contribution in [0.5, 0.6) is 11.5 Å². The van der Waals surface area contributed by atoms with Crippen LogP contribution < -0.4 is 20.1 Å². The molecule has 0 aliphatic carbocycles. The van der Waals surface area contributed by atoms with Gasteiger partial charge in [-0.25, -0.2) is 14.6 Å². The highest BCUT2D eigenvalue weighted by atomic mass is 32.2. The van der Waals surface area contributed by atoms with Gasteiger partial charge in [-0.2, -0.15) is 5.10 Å². The summed E-state index contributed by atoms with van der Waals surface area (Å²) in [5.74, 6) is 1.81. The molecule has 0 bridgehead atoms. The first-order valence-corrected chi connectivity index (χ1v) is 10.8. The monoisotopic (exact) mass is 430 g/mol. The second kappa shape index (κ2) is 10.1. The third kappa shape index (κ3) is 5.53. The van der Waals surface area contributed by atoms with Crippen molar-refractivity contribution >= 4 is 34.5 Å². The Morgan fingerprint density at radius 3 is 2.80 bits per heavy atom. The van der Waals surface area contributed by atoms with E-state index >= 15 is 0 Å². The molecule has 0 saturated heterocycles. The van der Waals surface area contributed by atoms with Crippen molar-refractivity contribution in [1.29, 1.82) is 0 Å². The number of benzene rings is 1. The summed E-state index contributed by atoms with van der Waals surface area (Å²) in [5.41, 5.74) is 0.736. The second-order valence-electron chi connectivity index (χ2n) is 6.78. The largest absolute Gasteiger partial charge is 0.497 e. The van der Waals surface area contributed by atoms with Gasteiger partial charge in [0.2, 0.25) is 0 Å². The molecule has 0 fully saturated rings. The zero-order chi connectivity index (χ0) is 21.5. The Bertz CT molecular complexity index is 1010. The van der Waals surface area contributed by atoms with Crippen molar-refractivity contribution in [3.63, 3.8) is 0 Å². The molecule has 9 nitrogen and oxygen atoms in total. The fourth-order valence-electron chi connectivity index (χ4n) is 2.77. The van der Waals surface area contributed by atoms with Crippen molar-refractivity contribution in [2.45, 2.75) is 31.6 Å². The van der Waals surface area contributed by atoms with E-state index in [4.69, 9.17) is 9.47 Å². The minimum Gasteiger partial charge on any atom is -0.497 e. The third-order valence-electron chi connectivity index (χ3n) is 4.14. The van der Waals surface area contributed by atoms with Crippen LogP contribution in [0.2, 0.25) is 0 Å². The van der Waals surface area contributed by atoms with Gasteiger partial charge in [0.05, 0.1) is 25.2 Å². The van der Waals surface area contributed by atoms with Gasteiger partial charge >= 0.3 is 0 Å². The Labute approximate surface area is 179 Å². The Morgan fingerprint density at radius 1 is 1.27 bits per heavy atom. The molecule has 160 valence electrons. The van der Waals surface area contributed by atoms with Gasteiger partial charge < -0.3 is 20.1 Å². The number of nitrogens with zero attached hydrogens (tertiary/aromatic N) is 4. The highest BCUT2D eigenvalue weighted by molar-refractivity contribution is 7.98. The van der Waals surface area contributed by atoms with Crippen LogP contribution in [0.4, 0.5) is 5.82 Å². The number of hydrogen-bond donors (Lipinski definition) is 2. The minimum absolute atomic E-state index is 0.0751. The molecule has 2 aromatic heterocycles. The van der Waals surface area contributed by atoms with Gasteiger partial charge in [-0.3, -0.25) is 4.79 Å². The van der Waals surface area contributed by atoms with Crippen molar-refractivity contribution in [3.8, 4) is 11.5 Å². The summed E-state index contributed by atoms with van der Waals surface area (Å²) >= 11 is 1.47. The number of carbonyl (C=O) groups excluding carboxylic acids is 1. The van der Waals surface area contributed by atoms with Crippen LogP contribution in [0.3, 0.4) is 0 Å². The number of thioether (sulfide) groups is 1. The number of ether oxygens (including phenoxy) is 2. The molecule has 1 aromatic carbocycles. The van der Waals surface area contributed by atoms with Crippen LogP contribution in [0.15, 0.2) is 35.6 Å². The van der Waals surface area contributed by atoms with E-state index in [0.717, 1.165) is 16.9 Å². The van der Waals surface area contributed by atoms with Gasteiger partial charge in [0.25, 0.3) is 5.91 Å². The molecular formula is C20H26N6O3S. The molecule has 3 aromatic rings. The average Bonchev–Trinajstić information content (AvgIpc) is 3.15. The lowest BCUT2D eigenvalue weighted by Crippen LogP contribution is -2.31. The van der Waals surface area contributed by atoms with Gasteiger partial charge in [-0.15, -0.1) is 0 Å². The van der Waals surface area contributed by atoms with Gasteiger partial charge in [0.15, 0.2) is 17.4 Å². The van der Waals surface area contributed by atoms with Crippen LogP contribution in [0.1, 0.15) is 13.8 Å². The van der Waals surface area contributed by atoms with Gasteiger partial charge in [0, 0.05) is 18.7 Å². The van der Waals surface area contributed by atoms with Crippen LogP contribution in [-0.2, 0) is 11.3 Å². The molecule has 0 aliphatic rings. The fraction of sp³-hybridized carbons (Fsp3) is 0.400. The molecule has 0 atom stereocenters. The summed E-state index contributed by atoms with van der Waals surface area (Å²) in [7, 11) is 1.58.